The summed E-state index contributed by atoms with van der Waals surface area (Å²) in [5, 5.41) is 55.6. The molecule has 0 aliphatic heterocycles. The van der Waals surface area contributed by atoms with Crippen molar-refractivity contribution in [2.75, 3.05) is 0 Å². The molecule has 8 N–H and O–H groups in total. The van der Waals surface area contributed by atoms with Crippen LogP contribution < -0.4 is 0 Å². The third kappa shape index (κ3) is 168. The van der Waals surface area contributed by atoms with E-state index in [2.05, 4.69) is 24.3 Å². The van der Waals surface area contributed by atoms with Gasteiger partial charge < -0.3 is 40.2 Å². The maximum Gasteiger partial charge on any atom is 0.674 e. The van der Waals surface area contributed by atoms with Crippen molar-refractivity contribution in [3.8, 4) is 0 Å². The van der Waals surface area contributed by atoms with Crippen molar-refractivity contribution >= 4 is 29.6 Å². The molecule has 16 heteroatoms. The Morgan fingerprint density at radius 1 is 0.417 bits per heavy atom. The zero-order valence-corrected chi connectivity index (χ0v) is 12.5. The lowest BCUT2D eigenvalue weighted by Crippen LogP contribution is -1.98. The molecule has 0 radical (unpaired) electrons. The van der Waals surface area contributed by atoms with Crippen LogP contribution in [0.1, 0.15) is 25.7 Å². The molecular formula is C8H20B4F4O8. The molecule has 0 heterocycles. The van der Waals surface area contributed by atoms with Crippen LogP contribution in [0, 0.1) is 0 Å². The Labute approximate surface area is 138 Å². The van der Waals surface area contributed by atoms with Crippen molar-refractivity contribution in [2.24, 2.45) is 0 Å². The van der Waals surface area contributed by atoms with Crippen LogP contribution in [0.4, 0.5) is 17.3 Å². The Balaban J connectivity index is -0.000000110. The van der Waals surface area contributed by atoms with Gasteiger partial charge in [0.15, 0.2) is 0 Å². The van der Waals surface area contributed by atoms with Gasteiger partial charge in [0, 0.05) is 0 Å². The van der Waals surface area contributed by atoms with Crippen LogP contribution in [0.3, 0.4) is 0 Å². The summed E-state index contributed by atoms with van der Waals surface area (Å²) in [5.74, 6) is 0. The molecule has 0 atom stereocenters. The first-order valence-corrected chi connectivity index (χ1v) is 6.24. The molecule has 0 saturated carbocycles. The lowest BCUT2D eigenvalue weighted by atomic mass is 10.1. The van der Waals surface area contributed by atoms with Gasteiger partial charge in [0.1, 0.15) is 0 Å². The van der Waals surface area contributed by atoms with Gasteiger partial charge in [0.25, 0.3) is 0 Å². The van der Waals surface area contributed by atoms with Crippen molar-refractivity contribution < 1.29 is 57.5 Å². The molecule has 0 saturated heterocycles. The van der Waals surface area contributed by atoms with E-state index >= 15 is 0 Å². The van der Waals surface area contributed by atoms with Gasteiger partial charge in [-0.1, -0.05) is 24.3 Å². The monoisotopic (exact) mass is 364 g/mol. The zero-order valence-electron chi connectivity index (χ0n) is 12.5. The van der Waals surface area contributed by atoms with E-state index < -0.39 is 29.6 Å². The first-order chi connectivity index (χ1) is 10.9. The van der Waals surface area contributed by atoms with Crippen molar-refractivity contribution in [1.29, 1.82) is 0 Å². The first-order valence-electron chi connectivity index (χ1n) is 6.24. The van der Waals surface area contributed by atoms with Gasteiger partial charge >= 0.3 is 29.6 Å². The van der Waals surface area contributed by atoms with Crippen LogP contribution in [-0.2, 0) is 0 Å². The molecule has 0 aromatic rings. The van der Waals surface area contributed by atoms with Crippen LogP contribution in [0.5, 0.6) is 0 Å². The fraction of sp³-hybridized carbons (Fsp3) is 0.500. The molecule has 140 valence electrons. The van der Waals surface area contributed by atoms with Crippen LogP contribution in [0.15, 0.2) is 24.3 Å². The number of halogens is 4. The summed E-state index contributed by atoms with van der Waals surface area (Å²) in [4.78, 5) is 0. The lowest BCUT2D eigenvalue weighted by molar-refractivity contribution is 0.338. The Morgan fingerprint density at radius 3 is 0.583 bits per heavy atom. The molecule has 0 amide bonds. The third-order valence-electron chi connectivity index (χ3n) is 1.33. The quantitative estimate of drug-likeness (QED) is 0.145. The lowest BCUT2D eigenvalue weighted by Gasteiger charge is -1.92. The number of hydrogen-bond acceptors (Lipinski definition) is 8. The molecule has 0 bridgehead atoms. The van der Waals surface area contributed by atoms with Crippen LogP contribution in [0.25, 0.3) is 0 Å². The minimum Gasteiger partial charge on any atom is -0.398 e. The predicted molar refractivity (Wildman–Crippen MR) is 81.9 cm³/mol. The maximum atomic E-state index is 10.1. The molecule has 8 nitrogen and oxygen atoms in total. The van der Waals surface area contributed by atoms with Crippen LogP contribution in [-0.4, -0.2) is 69.8 Å². The van der Waals surface area contributed by atoms with E-state index in [0.29, 0.717) is 0 Å². The van der Waals surface area contributed by atoms with Crippen LogP contribution >= 0.6 is 0 Å². The van der Waals surface area contributed by atoms with E-state index in [1.807, 2.05) is 0 Å². The highest BCUT2D eigenvalue weighted by Crippen LogP contribution is 2.02. The summed E-state index contributed by atoms with van der Waals surface area (Å²) in [6, 6.07) is 0. The normalized spacial score (nSPS) is 12.5. The van der Waals surface area contributed by atoms with E-state index in [9.17, 15) is 17.3 Å². The van der Waals surface area contributed by atoms with Gasteiger partial charge in [-0.05, 0) is 25.7 Å². The number of rotatable bonds is 0. The Bertz CT molecular complexity index is 213. The zero-order chi connectivity index (χ0) is 20.0. The summed E-state index contributed by atoms with van der Waals surface area (Å²) in [5.41, 5.74) is 0. The minimum atomic E-state index is -2.67. The Kier molecular flexibility index (Phi) is 34.8. The van der Waals surface area contributed by atoms with Gasteiger partial charge in [-0.2, -0.15) is 0 Å². The van der Waals surface area contributed by atoms with E-state index in [4.69, 9.17) is 40.2 Å². The van der Waals surface area contributed by atoms with Gasteiger partial charge in [0.2, 0.25) is 0 Å². The maximum absolute atomic E-state index is 10.1. The SMILES string of the molecule is C1=CCC/C=C\CC1.OB(O)F.OB(O)F.OB(O)F.OB(O)F. The molecule has 0 unspecified atom stereocenters. The predicted octanol–water partition coefficient (Wildman–Crippen LogP) is -1.63. The first kappa shape index (κ1) is 31.0. The van der Waals surface area contributed by atoms with Crippen molar-refractivity contribution in [3.05, 3.63) is 24.3 Å². The van der Waals surface area contributed by atoms with Gasteiger partial charge in [0.05, 0.1) is 0 Å². The highest BCUT2D eigenvalue weighted by Gasteiger charge is 1.98. The minimum absolute atomic E-state index is 1.23. The molecule has 0 aromatic carbocycles. The molecule has 1 aliphatic rings. The smallest absolute Gasteiger partial charge is 0.398 e. The highest BCUT2D eigenvalue weighted by atomic mass is 19.1. The van der Waals surface area contributed by atoms with Crippen molar-refractivity contribution in [3.63, 3.8) is 0 Å². The van der Waals surface area contributed by atoms with Gasteiger partial charge in [-0.15, -0.1) is 0 Å². The molecule has 0 aromatic heterocycles. The third-order valence-corrected chi connectivity index (χ3v) is 1.33. The average molecular weight is 363 g/mol. The molecule has 24 heavy (non-hydrogen) atoms. The number of allylic oxidation sites excluding steroid dienone is 4. The summed E-state index contributed by atoms with van der Waals surface area (Å²) in [6.45, 7) is 0. The van der Waals surface area contributed by atoms with E-state index in [-0.39, 0.29) is 0 Å². The number of hydrogen-bond donors (Lipinski definition) is 8. The van der Waals surface area contributed by atoms with Crippen molar-refractivity contribution in [1.82, 2.24) is 0 Å². The molecule has 0 fully saturated rings. The average Bonchev–Trinajstić information content (AvgIpc) is 2.23. The topological polar surface area (TPSA) is 162 Å². The van der Waals surface area contributed by atoms with E-state index in [0.717, 1.165) is 0 Å². The van der Waals surface area contributed by atoms with E-state index in [1.54, 1.807) is 0 Å². The Hall–Kier alpha value is -0.860. The second kappa shape index (κ2) is 27.0. The molecular weight excluding hydrogens is 343 g/mol. The fourth-order valence-electron chi connectivity index (χ4n) is 0.856. The van der Waals surface area contributed by atoms with Crippen LogP contribution in [0.2, 0.25) is 0 Å². The summed E-state index contributed by atoms with van der Waals surface area (Å²) in [7, 11) is -10.7. The van der Waals surface area contributed by atoms with E-state index in [1.165, 1.54) is 25.7 Å². The van der Waals surface area contributed by atoms with Crippen molar-refractivity contribution in [2.45, 2.75) is 25.7 Å². The standard InChI is InChI=1S/C8H12.4BFH2O2/c1-2-4-6-8-7-5-3-1;4*2-1(3)4/h1-2,7-8H,3-6H2;4*3-4H/b2-1-,8-7?;;;;. The second-order valence-corrected chi connectivity index (χ2v) is 3.34. The fourth-order valence-corrected chi connectivity index (χ4v) is 0.856. The molecule has 1 rings (SSSR count). The van der Waals surface area contributed by atoms with Gasteiger partial charge in [-0.3, -0.25) is 17.3 Å². The van der Waals surface area contributed by atoms with Gasteiger partial charge in [-0.25, -0.2) is 0 Å². The molecule has 1 aliphatic carbocycles. The largest absolute Gasteiger partial charge is 0.674 e. The Morgan fingerprint density at radius 2 is 0.500 bits per heavy atom. The summed E-state index contributed by atoms with van der Waals surface area (Å²) in [6.07, 6.45) is 14.0. The highest BCUT2D eigenvalue weighted by molar-refractivity contribution is 6.32. The summed E-state index contributed by atoms with van der Waals surface area (Å²) >= 11 is 0. The molecule has 0 spiro atoms. The second-order valence-electron chi connectivity index (χ2n) is 3.34. The summed E-state index contributed by atoms with van der Waals surface area (Å²) < 4.78 is 40.4.